The summed E-state index contributed by atoms with van der Waals surface area (Å²) in [6.07, 6.45) is 41.5. The Kier molecular flexibility index (Phi) is 34.4. The standard InChI is InChI=1S/C45H79NO7/c1-6-8-10-12-14-15-16-17-18-19-20-21-22-23-24-25-26-27-28-30-32-34-36-44(48)53-41(39-51-38-37-42(45(49)50)46(3,4)5)40-52-43(47)35-33-31-29-13-11-9-7-2/h8,10,14-15,17-18,20-21,41-42H,6-7,9,11-13,16,19,22-40H2,1-5H3/b10-8+,15-14+,18-17+,21-20+. The molecule has 0 radical (unpaired) electrons. The molecule has 0 saturated carbocycles. The summed E-state index contributed by atoms with van der Waals surface area (Å²) in [7, 11) is 5.39. The summed E-state index contributed by atoms with van der Waals surface area (Å²) < 4.78 is 17.1. The molecule has 0 rings (SSSR count). The highest BCUT2D eigenvalue weighted by Crippen LogP contribution is 2.14. The monoisotopic (exact) mass is 746 g/mol. The topological polar surface area (TPSA) is 102 Å². The highest BCUT2D eigenvalue weighted by Gasteiger charge is 2.25. The number of carbonyl (C=O) groups excluding carboxylic acids is 3. The lowest BCUT2D eigenvalue weighted by Crippen LogP contribution is -2.55. The van der Waals surface area contributed by atoms with Crippen LogP contribution in [0.5, 0.6) is 0 Å². The van der Waals surface area contributed by atoms with Crippen LogP contribution in [0.2, 0.25) is 0 Å². The number of ether oxygens (including phenoxy) is 3. The van der Waals surface area contributed by atoms with Crippen molar-refractivity contribution in [1.82, 2.24) is 0 Å². The van der Waals surface area contributed by atoms with Gasteiger partial charge in [0.1, 0.15) is 12.6 Å². The number of unbranched alkanes of at least 4 members (excludes halogenated alkanes) is 15. The Bertz CT molecular complexity index is 1010. The first-order chi connectivity index (χ1) is 25.6. The molecule has 0 aliphatic carbocycles. The second-order valence-corrected chi connectivity index (χ2v) is 15.2. The first-order valence-electron chi connectivity index (χ1n) is 21.2. The van der Waals surface area contributed by atoms with Crippen LogP contribution in [0.1, 0.15) is 168 Å². The van der Waals surface area contributed by atoms with Crippen LogP contribution in [0.25, 0.3) is 0 Å². The van der Waals surface area contributed by atoms with Gasteiger partial charge in [-0.3, -0.25) is 9.59 Å². The molecule has 2 unspecified atom stereocenters. The molecule has 0 fully saturated rings. The van der Waals surface area contributed by atoms with Crippen molar-refractivity contribution in [3.63, 3.8) is 0 Å². The summed E-state index contributed by atoms with van der Waals surface area (Å²) >= 11 is 0. The minimum atomic E-state index is -1.13. The Balaban J connectivity index is 4.22. The van der Waals surface area contributed by atoms with Crippen LogP contribution >= 0.6 is 0 Å². The predicted molar refractivity (Wildman–Crippen MR) is 217 cm³/mol. The van der Waals surface area contributed by atoms with Crippen molar-refractivity contribution >= 4 is 17.9 Å². The van der Waals surface area contributed by atoms with E-state index in [-0.39, 0.29) is 42.7 Å². The van der Waals surface area contributed by atoms with Gasteiger partial charge in [0.2, 0.25) is 0 Å². The molecule has 0 aromatic carbocycles. The Labute approximate surface area is 325 Å². The van der Waals surface area contributed by atoms with Gasteiger partial charge < -0.3 is 28.6 Å². The van der Waals surface area contributed by atoms with Gasteiger partial charge in [-0.1, -0.05) is 146 Å². The number of rotatable bonds is 37. The third-order valence-electron chi connectivity index (χ3n) is 9.23. The average Bonchev–Trinajstić information content (AvgIpc) is 3.11. The Morgan fingerprint density at radius 3 is 1.57 bits per heavy atom. The molecular formula is C45H79NO7. The Hall–Kier alpha value is -2.71. The van der Waals surface area contributed by atoms with E-state index < -0.39 is 18.1 Å². The maximum atomic E-state index is 12.7. The summed E-state index contributed by atoms with van der Waals surface area (Å²) in [4.78, 5) is 36.6. The molecule has 0 aliphatic heterocycles. The van der Waals surface area contributed by atoms with Crippen molar-refractivity contribution in [2.45, 2.75) is 180 Å². The molecule has 0 aromatic rings. The van der Waals surface area contributed by atoms with Crippen LogP contribution in [0.15, 0.2) is 48.6 Å². The van der Waals surface area contributed by atoms with E-state index in [1.807, 2.05) is 0 Å². The van der Waals surface area contributed by atoms with E-state index in [9.17, 15) is 19.5 Å². The van der Waals surface area contributed by atoms with Gasteiger partial charge in [0.25, 0.3) is 0 Å². The summed E-state index contributed by atoms with van der Waals surface area (Å²) in [5.41, 5.74) is 0. The number of quaternary nitrogens is 1. The van der Waals surface area contributed by atoms with E-state index in [1.54, 1.807) is 21.1 Å². The van der Waals surface area contributed by atoms with Gasteiger partial charge in [0.15, 0.2) is 6.10 Å². The van der Waals surface area contributed by atoms with Crippen molar-refractivity contribution in [1.29, 1.82) is 0 Å². The van der Waals surface area contributed by atoms with Gasteiger partial charge in [0, 0.05) is 19.3 Å². The van der Waals surface area contributed by atoms with E-state index in [1.165, 1.54) is 64.2 Å². The minimum Gasteiger partial charge on any atom is -0.544 e. The third kappa shape index (κ3) is 34.8. The molecule has 8 nitrogen and oxygen atoms in total. The van der Waals surface area contributed by atoms with E-state index in [2.05, 4.69) is 62.5 Å². The molecule has 2 atom stereocenters. The smallest absolute Gasteiger partial charge is 0.306 e. The quantitative estimate of drug-likeness (QED) is 0.0270. The number of carbonyl (C=O) groups is 3. The van der Waals surface area contributed by atoms with Crippen molar-refractivity contribution in [2.75, 3.05) is 41.0 Å². The predicted octanol–water partition coefficient (Wildman–Crippen LogP) is 9.91. The average molecular weight is 746 g/mol. The van der Waals surface area contributed by atoms with Crippen molar-refractivity contribution in [2.24, 2.45) is 0 Å². The highest BCUT2D eigenvalue weighted by molar-refractivity contribution is 5.70. The zero-order valence-electron chi connectivity index (χ0n) is 34.7. The maximum Gasteiger partial charge on any atom is 0.306 e. The molecule has 8 heteroatoms. The second kappa shape index (κ2) is 36.3. The van der Waals surface area contributed by atoms with E-state index in [4.69, 9.17) is 14.2 Å². The molecule has 306 valence electrons. The van der Waals surface area contributed by atoms with Gasteiger partial charge in [0.05, 0.1) is 40.3 Å². The number of hydrogen-bond donors (Lipinski definition) is 0. The molecule has 0 N–H and O–H groups in total. The summed E-state index contributed by atoms with van der Waals surface area (Å²) in [6, 6.07) is -0.725. The first kappa shape index (κ1) is 50.3. The largest absolute Gasteiger partial charge is 0.544 e. The molecule has 0 saturated heterocycles. The van der Waals surface area contributed by atoms with Crippen LogP contribution in [0.4, 0.5) is 0 Å². The van der Waals surface area contributed by atoms with Crippen LogP contribution in [-0.4, -0.2) is 75.5 Å². The van der Waals surface area contributed by atoms with Crippen LogP contribution in [0, 0.1) is 0 Å². The normalized spacial score (nSPS) is 13.5. The molecule has 53 heavy (non-hydrogen) atoms. The molecule has 0 aromatic heterocycles. The van der Waals surface area contributed by atoms with Crippen LogP contribution in [0.3, 0.4) is 0 Å². The van der Waals surface area contributed by atoms with Gasteiger partial charge in [-0.05, 0) is 51.4 Å². The molecule has 0 aliphatic rings. The first-order valence-corrected chi connectivity index (χ1v) is 21.2. The van der Waals surface area contributed by atoms with Crippen molar-refractivity contribution in [3.05, 3.63) is 48.6 Å². The molecular weight excluding hydrogens is 666 g/mol. The number of carboxylic acids is 1. The number of aliphatic carboxylic acids is 1. The zero-order chi connectivity index (χ0) is 39.3. The molecule has 0 bridgehead atoms. The molecule has 0 heterocycles. The van der Waals surface area contributed by atoms with Gasteiger partial charge in [-0.2, -0.15) is 0 Å². The Morgan fingerprint density at radius 1 is 0.585 bits per heavy atom. The zero-order valence-corrected chi connectivity index (χ0v) is 34.7. The number of nitrogens with zero attached hydrogens (tertiary/aromatic N) is 1. The molecule has 0 spiro atoms. The molecule has 0 amide bonds. The lowest BCUT2D eigenvalue weighted by Gasteiger charge is -2.34. The highest BCUT2D eigenvalue weighted by atomic mass is 16.6. The summed E-state index contributed by atoms with van der Waals surface area (Å²) in [5, 5.41) is 11.6. The van der Waals surface area contributed by atoms with E-state index in [0.717, 1.165) is 70.6 Å². The number of esters is 2. The third-order valence-corrected chi connectivity index (χ3v) is 9.23. The number of allylic oxidation sites excluding steroid dienone is 8. The lowest BCUT2D eigenvalue weighted by atomic mass is 10.1. The fourth-order valence-electron chi connectivity index (χ4n) is 5.94. The van der Waals surface area contributed by atoms with Gasteiger partial charge in [-0.25, -0.2) is 0 Å². The SMILES string of the molecule is CC/C=C/C/C=C/C/C=C/C/C=C/CCCCCCCCCCCC(=O)OC(COCCC(C(=O)[O-])[N+](C)(C)C)COC(=O)CCCCCCCCC. The van der Waals surface area contributed by atoms with Crippen LogP contribution in [-0.2, 0) is 28.6 Å². The fourth-order valence-corrected chi connectivity index (χ4v) is 5.94. The fraction of sp³-hybridized carbons (Fsp3) is 0.756. The van der Waals surface area contributed by atoms with Gasteiger partial charge in [-0.15, -0.1) is 0 Å². The van der Waals surface area contributed by atoms with Crippen molar-refractivity contribution in [3.8, 4) is 0 Å². The number of hydrogen-bond acceptors (Lipinski definition) is 7. The lowest BCUT2D eigenvalue weighted by molar-refractivity contribution is -0.889. The van der Waals surface area contributed by atoms with E-state index in [0.29, 0.717) is 12.8 Å². The summed E-state index contributed by atoms with van der Waals surface area (Å²) in [6.45, 7) is 4.49. The van der Waals surface area contributed by atoms with Crippen LogP contribution < -0.4 is 5.11 Å². The van der Waals surface area contributed by atoms with Crippen molar-refractivity contribution < 1.29 is 38.2 Å². The summed E-state index contributed by atoms with van der Waals surface area (Å²) in [5.74, 6) is -1.75. The minimum absolute atomic E-state index is 0.0385. The number of carboxylic acid groups (broad SMARTS) is 1. The van der Waals surface area contributed by atoms with Gasteiger partial charge >= 0.3 is 11.9 Å². The number of likely N-dealkylation sites (N-methyl/N-ethyl adjacent to an activating group) is 1. The maximum absolute atomic E-state index is 12.7. The Morgan fingerprint density at radius 2 is 1.06 bits per heavy atom. The van der Waals surface area contributed by atoms with E-state index >= 15 is 0 Å². The second-order valence-electron chi connectivity index (χ2n) is 15.2.